The number of benzene rings is 1. The standard InChI is InChI=1S/C22H25N5O2/c1-26-11-9-17-16(13-26)21(25-24-17)22(28)27-12-10-19-18(14-27)23-20(29-19)8-7-15-5-3-2-4-6-15/h2-6H,7-14H2,1H3,(H,24,25). The molecule has 7 nitrogen and oxygen atoms in total. The monoisotopic (exact) mass is 391 g/mol. The van der Waals surface area contributed by atoms with Crippen molar-refractivity contribution in [1.29, 1.82) is 0 Å². The number of hydrogen-bond acceptors (Lipinski definition) is 5. The highest BCUT2D eigenvalue weighted by Crippen LogP contribution is 2.25. The molecule has 1 amide bonds. The first-order valence-corrected chi connectivity index (χ1v) is 10.2. The van der Waals surface area contributed by atoms with Crippen LogP contribution in [0.3, 0.4) is 0 Å². The Hall–Kier alpha value is -2.93. The van der Waals surface area contributed by atoms with E-state index < -0.39 is 0 Å². The van der Waals surface area contributed by atoms with Crippen LogP contribution in [0.25, 0.3) is 0 Å². The van der Waals surface area contributed by atoms with Crippen LogP contribution in [0.4, 0.5) is 0 Å². The second-order valence-corrected chi connectivity index (χ2v) is 7.96. The number of fused-ring (bicyclic) bond motifs is 2. The van der Waals surface area contributed by atoms with E-state index in [2.05, 4.69) is 39.3 Å². The third-order valence-corrected chi connectivity index (χ3v) is 5.86. The lowest BCUT2D eigenvalue weighted by Gasteiger charge is -2.26. The minimum Gasteiger partial charge on any atom is -0.445 e. The van der Waals surface area contributed by atoms with E-state index >= 15 is 0 Å². The average Bonchev–Trinajstić information content (AvgIpc) is 3.35. The summed E-state index contributed by atoms with van der Waals surface area (Å²) >= 11 is 0. The molecule has 1 aromatic carbocycles. The first kappa shape index (κ1) is 18.1. The van der Waals surface area contributed by atoms with E-state index in [0.29, 0.717) is 25.2 Å². The van der Waals surface area contributed by atoms with Crippen LogP contribution in [0.2, 0.25) is 0 Å². The van der Waals surface area contributed by atoms with Gasteiger partial charge in [0.2, 0.25) is 0 Å². The fourth-order valence-corrected chi connectivity index (χ4v) is 4.18. The molecule has 0 radical (unpaired) electrons. The molecular weight excluding hydrogens is 366 g/mol. The van der Waals surface area contributed by atoms with E-state index in [1.807, 2.05) is 23.1 Å². The molecule has 0 fully saturated rings. The van der Waals surface area contributed by atoms with Gasteiger partial charge in [-0.3, -0.25) is 9.89 Å². The summed E-state index contributed by atoms with van der Waals surface area (Å²) < 4.78 is 5.97. The lowest BCUT2D eigenvalue weighted by Crippen LogP contribution is -2.37. The topological polar surface area (TPSA) is 78.3 Å². The summed E-state index contributed by atoms with van der Waals surface area (Å²) in [7, 11) is 2.07. The number of carbonyl (C=O) groups excluding carboxylic acids is 1. The highest BCUT2D eigenvalue weighted by atomic mass is 16.4. The van der Waals surface area contributed by atoms with Crippen molar-refractivity contribution in [2.75, 3.05) is 20.1 Å². The van der Waals surface area contributed by atoms with E-state index in [1.165, 1.54) is 5.56 Å². The van der Waals surface area contributed by atoms with Crippen molar-refractivity contribution >= 4 is 5.91 Å². The molecule has 3 aromatic rings. The van der Waals surface area contributed by atoms with Crippen molar-refractivity contribution in [2.24, 2.45) is 0 Å². The molecule has 0 unspecified atom stereocenters. The Labute approximate surface area is 169 Å². The van der Waals surface area contributed by atoms with Crippen LogP contribution in [0.15, 0.2) is 34.7 Å². The number of likely N-dealkylation sites (N-methyl/N-ethyl adjacent to an activating group) is 1. The summed E-state index contributed by atoms with van der Waals surface area (Å²) in [4.78, 5) is 21.9. The second-order valence-electron chi connectivity index (χ2n) is 7.96. The van der Waals surface area contributed by atoms with Gasteiger partial charge < -0.3 is 14.2 Å². The molecule has 0 saturated carbocycles. The van der Waals surface area contributed by atoms with Gasteiger partial charge in [-0.25, -0.2) is 4.98 Å². The Morgan fingerprint density at radius 2 is 2.00 bits per heavy atom. The molecule has 0 atom stereocenters. The third kappa shape index (κ3) is 3.58. The maximum absolute atomic E-state index is 13.1. The molecule has 150 valence electrons. The van der Waals surface area contributed by atoms with E-state index in [-0.39, 0.29) is 5.91 Å². The number of hydrogen-bond donors (Lipinski definition) is 1. The molecule has 0 aliphatic carbocycles. The van der Waals surface area contributed by atoms with Gasteiger partial charge in [0.25, 0.3) is 5.91 Å². The smallest absolute Gasteiger partial charge is 0.275 e. The van der Waals surface area contributed by atoms with Gasteiger partial charge in [0.15, 0.2) is 11.6 Å². The molecule has 2 aliphatic heterocycles. The maximum Gasteiger partial charge on any atom is 0.275 e. The van der Waals surface area contributed by atoms with Crippen LogP contribution < -0.4 is 0 Å². The Bertz CT molecular complexity index is 1020. The first-order valence-electron chi connectivity index (χ1n) is 10.2. The first-order chi connectivity index (χ1) is 14.2. The number of carbonyl (C=O) groups is 1. The third-order valence-electron chi connectivity index (χ3n) is 5.86. The lowest BCUT2D eigenvalue weighted by molar-refractivity contribution is 0.0719. The Morgan fingerprint density at radius 1 is 1.14 bits per heavy atom. The van der Waals surface area contributed by atoms with Crippen LogP contribution in [-0.2, 0) is 38.8 Å². The van der Waals surface area contributed by atoms with Gasteiger partial charge in [-0.15, -0.1) is 0 Å². The van der Waals surface area contributed by atoms with E-state index in [1.54, 1.807) is 0 Å². The summed E-state index contributed by atoms with van der Waals surface area (Å²) in [6.45, 7) is 2.87. The molecule has 2 aliphatic rings. The minimum absolute atomic E-state index is 0.0164. The van der Waals surface area contributed by atoms with Gasteiger partial charge in [-0.05, 0) is 19.0 Å². The Kier molecular flexibility index (Phi) is 4.67. The van der Waals surface area contributed by atoms with Crippen molar-refractivity contribution in [2.45, 2.75) is 38.8 Å². The number of aromatic amines is 1. The molecule has 4 heterocycles. The number of rotatable bonds is 4. The highest BCUT2D eigenvalue weighted by Gasteiger charge is 2.31. The Balaban J connectivity index is 1.28. The van der Waals surface area contributed by atoms with Gasteiger partial charge >= 0.3 is 0 Å². The molecule has 29 heavy (non-hydrogen) atoms. The average molecular weight is 391 g/mol. The summed E-state index contributed by atoms with van der Waals surface area (Å²) in [5, 5.41) is 7.41. The summed E-state index contributed by atoms with van der Waals surface area (Å²) in [6.07, 6.45) is 3.27. The minimum atomic E-state index is -0.0164. The number of amides is 1. The van der Waals surface area contributed by atoms with Crippen LogP contribution in [-0.4, -0.2) is 51.0 Å². The highest BCUT2D eigenvalue weighted by molar-refractivity contribution is 5.94. The fourth-order valence-electron chi connectivity index (χ4n) is 4.18. The van der Waals surface area contributed by atoms with Crippen molar-refractivity contribution in [1.82, 2.24) is 25.0 Å². The zero-order valence-electron chi connectivity index (χ0n) is 16.6. The van der Waals surface area contributed by atoms with Crippen LogP contribution in [0.5, 0.6) is 0 Å². The van der Waals surface area contributed by atoms with Gasteiger partial charge in [-0.2, -0.15) is 5.10 Å². The van der Waals surface area contributed by atoms with E-state index in [0.717, 1.165) is 61.0 Å². The van der Waals surface area contributed by atoms with E-state index in [9.17, 15) is 4.79 Å². The number of aryl methyl sites for hydroxylation is 2. The van der Waals surface area contributed by atoms with Crippen LogP contribution >= 0.6 is 0 Å². The van der Waals surface area contributed by atoms with Gasteiger partial charge in [-0.1, -0.05) is 30.3 Å². The number of aromatic nitrogens is 3. The van der Waals surface area contributed by atoms with Gasteiger partial charge in [0.05, 0.1) is 6.54 Å². The largest absolute Gasteiger partial charge is 0.445 e. The van der Waals surface area contributed by atoms with Crippen molar-refractivity contribution in [3.05, 3.63) is 70.2 Å². The zero-order chi connectivity index (χ0) is 19.8. The van der Waals surface area contributed by atoms with Gasteiger partial charge in [0.1, 0.15) is 11.5 Å². The van der Waals surface area contributed by atoms with Gasteiger partial charge in [0, 0.05) is 50.2 Å². The van der Waals surface area contributed by atoms with Crippen LogP contribution in [0, 0.1) is 0 Å². The molecule has 7 heteroatoms. The number of oxazole rings is 1. The SMILES string of the molecule is CN1CCc2[nH]nc(C(=O)N3CCc4oc(CCc5ccccc5)nc4C3)c2C1. The van der Waals surface area contributed by atoms with Crippen molar-refractivity contribution in [3.63, 3.8) is 0 Å². The fraction of sp³-hybridized carbons (Fsp3) is 0.409. The summed E-state index contributed by atoms with van der Waals surface area (Å²) in [5.41, 5.74) is 4.85. The predicted molar refractivity (Wildman–Crippen MR) is 107 cm³/mol. The number of nitrogens with zero attached hydrogens (tertiary/aromatic N) is 4. The summed E-state index contributed by atoms with van der Waals surface area (Å²) in [6, 6.07) is 10.3. The normalized spacial score (nSPS) is 16.5. The van der Waals surface area contributed by atoms with E-state index in [4.69, 9.17) is 4.42 Å². The number of H-pyrrole nitrogens is 1. The van der Waals surface area contributed by atoms with Crippen molar-refractivity contribution in [3.8, 4) is 0 Å². The second kappa shape index (κ2) is 7.48. The molecule has 2 aromatic heterocycles. The van der Waals surface area contributed by atoms with Crippen LogP contribution in [0.1, 0.15) is 44.7 Å². The maximum atomic E-state index is 13.1. The molecule has 0 spiro atoms. The molecule has 1 N–H and O–H groups in total. The quantitative estimate of drug-likeness (QED) is 0.739. The molecule has 0 bridgehead atoms. The summed E-state index contributed by atoms with van der Waals surface area (Å²) in [5.74, 6) is 1.66. The lowest BCUT2D eigenvalue weighted by atomic mass is 10.0. The molecule has 5 rings (SSSR count). The van der Waals surface area contributed by atoms with Crippen molar-refractivity contribution < 1.29 is 9.21 Å². The molecule has 0 saturated heterocycles. The predicted octanol–water partition coefficient (Wildman–Crippen LogP) is 2.37. The zero-order valence-corrected chi connectivity index (χ0v) is 16.6. The molecular formula is C22H25N5O2. The Morgan fingerprint density at radius 3 is 2.86 bits per heavy atom. The number of nitrogens with one attached hydrogen (secondary N) is 1.